The molecule has 0 fully saturated rings. The highest BCUT2D eigenvalue weighted by atomic mass is 16.5. The van der Waals surface area contributed by atoms with Gasteiger partial charge in [-0.05, 0) is 29.2 Å². The molecule has 0 aliphatic heterocycles. The van der Waals surface area contributed by atoms with Gasteiger partial charge in [-0.1, -0.05) is 48.5 Å². The van der Waals surface area contributed by atoms with E-state index in [-0.39, 0.29) is 25.4 Å². The molecule has 1 aliphatic carbocycles. The minimum atomic E-state index is -1.15. The Bertz CT molecular complexity index is 1130. The highest BCUT2D eigenvalue weighted by Crippen LogP contribution is 2.44. The van der Waals surface area contributed by atoms with Crippen molar-refractivity contribution in [2.24, 2.45) is 0 Å². The maximum absolute atomic E-state index is 12.4. The summed E-state index contributed by atoms with van der Waals surface area (Å²) < 4.78 is 5.49. The Morgan fingerprint density at radius 3 is 2.29 bits per heavy atom. The molecule has 2 atom stereocenters. The number of amides is 2. The first kappa shape index (κ1) is 23.0. The lowest BCUT2D eigenvalue weighted by Crippen LogP contribution is -2.45. The quantitative estimate of drug-likeness (QED) is 0.386. The molecule has 0 saturated carbocycles. The number of alkyl carbamates (subject to hydrolysis) is 1. The van der Waals surface area contributed by atoms with Crippen LogP contribution >= 0.6 is 0 Å². The van der Waals surface area contributed by atoms with Gasteiger partial charge in [0.15, 0.2) is 0 Å². The van der Waals surface area contributed by atoms with E-state index in [9.17, 15) is 19.5 Å². The van der Waals surface area contributed by atoms with Crippen molar-refractivity contribution < 1.29 is 24.2 Å². The van der Waals surface area contributed by atoms with Crippen LogP contribution in [-0.2, 0) is 20.7 Å². The fourth-order valence-electron chi connectivity index (χ4n) is 4.24. The number of benzene rings is 2. The number of nitrogens with zero attached hydrogens (tertiary/aromatic N) is 1. The number of nitrogens with one attached hydrogen (secondary N) is 3. The summed E-state index contributed by atoms with van der Waals surface area (Å²) in [6, 6.07) is 14.5. The Hall–Kier alpha value is -4.14. The first-order chi connectivity index (χ1) is 16.4. The number of carboxylic acid groups (broad SMARTS) is 1. The molecule has 1 unspecified atom stereocenters. The van der Waals surface area contributed by atoms with Gasteiger partial charge in [0.2, 0.25) is 5.91 Å². The lowest BCUT2D eigenvalue weighted by Gasteiger charge is -2.18. The molecule has 1 aromatic heterocycles. The SMILES string of the molecule is CC(CC(=O)N[C@H](Cc1cnc[nH]1)C(=O)O)NC(=O)OCC1c2ccccc2-c2ccccc21. The first-order valence-corrected chi connectivity index (χ1v) is 11.0. The predicted octanol–water partition coefficient (Wildman–Crippen LogP) is 2.84. The number of aliphatic carboxylic acids is 1. The van der Waals surface area contributed by atoms with E-state index >= 15 is 0 Å². The van der Waals surface area contributed by atoms with Crippen LogP contribution in [0, 0.1) is 0 Å². The summed E-state index contributed by atoms with van der Waals surface area (Å²) in [5, 5.41) is 14.5. The van der Waals surface area contributed by atoms with Crippen LogP contribution in [0.2, 0.25) is 0 Å². The number of aromatic nitrogens is 2. The van der Waals surface area contributed by atoms with Crippen molar-refractivity contribution in [3.63, 3.8) is 0 Å². The third kappa shape index (κ3) is 5.25. The summed E-state index contributed by atoms with van der Waals surface area (Å²) in [5.41, 5.74) is 5.10. The highest BCUT2D eigenvalue weighted by molar-refractivity contribution is 5.84. The molecule has 176 valence electrons. The lowest BCUT2D eigenvalue weighted by molar-refractivity contribution is -0.141. The smallest absolute Gasteiger partial charge is 0.407 e. The molecule has 9 nitrogen and oxygen atoms in total. The molecule has 2 aromatic carbocycles. The average Bonchev–Trinajstić information content (AvgIpc) is 3.43. The number of H-pyrrole nitrogens is 1. The van der Waals surface area contributed by atoms with Crippen molar-refractivity contribution in [2.45, 2.75) is 37.8 Å². The molecule has 0 spiro atoms. The van der Waals surface area contributed by atoms with Gasteiger partial charge in [0.25, 0.3) is 0 Å². The summed E-state index contributed by atoms with van der Waals surface area (Å²) in [6.07, 6.45) is 2.31. The van der Waals surface area contributed by atoms with Crippen molar-refractivity contribution >= 4 is 18.0 Å². The van der Waals surface area contributed by atoms with Gasteiger partial charge in [-0.3, -0.25) is 4.79 Å². The van der Waals surface area contributed by atoms with Gasteiger partial charge >= 0.3 is 12.1 Å². The summed E-state index contributed by atoms with van der Waals surface area (Å²) in [6.45, 7) is 1.83. The van der Waals surface area contributed by atoms with E-state index in [2.05, 4.69) is 32.7 Å². The minimum Gasteiger partial charge on any atom is -0.480 e. The van der Waals surface area contributed by atoms with Crippen LogP contribution in [-0.4, -0.2) is 51.7 Å². The second kappa shape index (κ2) is 10.2. The third-order valence-corrected chi connectivity index (χ3v) is 5.81. The lowest BCUT2D eigenvalue weighted by atomic mass is 9.98. The standard InChI is InChI=1S/C25H26N4O5/c1-15(10-23(30)29-22(24(31)32)11-16-12-26-14-27-16)28-25(33)34-13-21-19-8-4-2-6-17(19)18-7-3-5-9-20(18)21/h2-9,12,14-15,21-22H,10-11,13H2,1H3,(H,26,27)(H,28,33)(H,29,30)(H,31,32)/t15?,22-/m1/s1. The van der Waals surface area contributed by atoms with Crippen LogP contribution < -0.4 is 10.6 Å². The molecule has 0 bridgehead atoms. The Morgan fingerprint density at radius 2 is 1.71 bits per heavy atom. The number of carbonyl (C=O) groups excluding carboxylic acids is 2. The molecular formula is C25H26N4O5. The molecular weight excluding hydrogens is 436 g/mol. The Balaban J connectivity index is 1.28. The number of aromatic amines is 1. The molecule has 4 N–H and O–H groups in total. The number of carbonyl (C=O) groups is 3. The van der Waals surface area contributed by atoms with Gasteiger partial charge in [-0.15, -0.1) is 0 Å². The van der Waals surface area contributed by atoms with E-state index < -0.39 is 30.1 Å². The number of ether oxygens (including phenoxy) is 1. The molecule has 2 amide bonds. The van der Waals surface area contributed by atoms with Crippen LogP contribution in [0.1, 0.15) is 36.1 Å². The monoisotopic (exact) mass is 462 g/mol. The van der Waals surface area contributed by atoms with Crippen LogP contribution in [0.3, 0.4) is 0 Å². The topological polar surface area (TPSA) is 133 Å². The second-order valence-corrected chi connectivity index (χ2v) is 8.31. The Labute approximate surface area is 196 Å². The summed E-state index contributed by atoms with van der Waals surface area (Å²) in [4.78, 5) is 42.8. The number of hydrogen-bond acceptors (Lipinski definition) is 5. The number of carboxylic acids is 1. The number of imidazole rings is 1. The zero-order valence-electron chi connectivity index (χ0n) is 18.7. The van der Waals surface area contributed by atoms with Crippen molar-refractivity contribution in [3.05, 3.63) is 77.9 Å². The maximum atomic E-state index is 12.4. The van der Waals surface area contributed by atoms with E-state index in [1.165, 1.54) is 12.5 Å². The van der Waals surface area contributed by atoms with Gasteiger partial charge in [-0.2, -0.15) is 0 Å². The van der Waals surface area contributed by atoms with Crippen molar-refractivity contribution in [1.29, 1.82) is 0 Å². The van der Waals surface area contributed by atoms with Gasteiger partial charge in [0.05, 0.1) is 6.33 Å². The second-order valence-electron chi connectivity index (χ2n) is 8.31. The fourth-order valence-corrected chi connectivity index (χ4v) is 4.24. The molecule has 9 heteroatoms. The predicted molar refractivity (Wildman–Crippen MR) is 124 cm³/mol. The molecule has 0 saturated heterocycles. The van der Waals surface area contributed by atoms with E-state index in [4.69, 9.17) is 4.74 Å². The first-order valence-electron chi connectivity index (χ1n) is 11.0. The number of rotatable bonds is 9. The molecule has 1 heterocycles. The van der Waals surface area contributed by atoms with Crippen LogP contribution in [0.4, 0.5) is 4.79 Å². The summed E-state index contributed by atoms with van der Waals surface area (Å²) in [5.74, 6) is -1.70. The third-order valence-electron chi connectivity index (χ3n) is 5.81. The maximum Gasteiger partial charge on any atom is 0.407 e. The van der Waals surface area contributed by atoms with Crippen molar-refractivity contribution in [2.75, 3.05) is 6.61 Å². The molecule has 0 radical (unpaired) electrons. The zero-order chi connectivity index (χ0) is 24.1. The highest BCUT2D eigenvalue weighted by Gasteiger charge is 2.29. The van der Waals surface area contributed by atoms with Gasteiger partial charge < -0.3 is 25.5 Å². The molecule has 1 aliphatic rings. The van der Waals surface area contributed by atoms with E-state index in [0.29, 0.717) is 5.69 Å². The average molecular weight is 463 g/mol. The van der Waals surface area contributed by atoms with E-state index in [0.717, 1.165) is 22.3 Å². The Kier molecular flexibility index (Phi) is 6.91. The number of hydrogen-bond donors (Lipinski definition) is 4. The molecule has 3 aromatic rings. The summed E-state index contributed by atoms with van der Waals surface area (Å²) >= 11 is 0. The van der Waals surface area contributed by atoms with Crippen LogP contribution in [0.15, 0.2) is 61.1 Å². The van der Waals surface area contributed by atoms with Crippen molar-refractivity contribution in [1.82, 2.24) is 20.6 Å². The van der Waals surface area contributed by atoms with Crippen LogP contribution in [0.25, 0.3) is 11.1 Å². The van der Waals surface area contributed by atoms with E-state index in [1.807, 2.05) is 36.4 Å². The number of fused-ring (bicyclic) bond motifs is 3. The normalized spacial score (nSPS) is 13.9. The van der Waals surface area contributed by atoms with E-state index in [1.54, 1.807) is 6.92 Å². The minimum absolute atomic E-state index is 0.0597. The van der Waals surface area contributed by atoms with Gasteiger partial charge in [0, 0.05) is 36.7 Å². The Morgan fingerprint density at radius 1 is 1.06 bits per heavy atom. The van der Waals surface area contributed by atoms with Crippen molar-refractivity contribution in [3.8, 4) is 11.1 Å². The largest absolute Gasteiger partial charge is 0.480 e. The fraction of sp³-hybridized carbons (Fsp3) is 0.280. The molecule has 34 heavy (non-hydrogen) atoms. The zero-order valence-corrected chi connectivity index (χ0v) is 18.7. The summed E-state index contributed by atoms with van der Waals surface area (Å²) in [7, 11) is 0. The van der Waals surface area contributed by atoms with Gasteiger partial charge in [-0.25, -0.2) is 14.6 Å². The van der Waals surface area contributed by atoms with Gasteiger partial charge in [0.1, 0.15) is 12.6 Å². The van der Waals surface area contributed by atoms with Crippen LogP contribution in [0.5, 0.6) is 0 Å². The molecule has 4 rings (SSSR count).